The Morgan fingerprint density at radius 1 is 1.06 bits per heavy atom. The zero-order valence-electron chi connectivity index (χ0n) is 10.1. The highest BCUT2D eigenvalue weighted by atomic mass is 35.5. The zero-order valence-corrected chi connectivity index (χ0v) is 10.8. The van der Waals surface area contributed by atoms with E-state index in [1.54, 1.807) is 33.5 Å². The largest absolute Gasteiger partial charge is 0.496 e. The Morgan fingerprint density at radius 3 is 1.88 bits per heavy atom. The molecule has 0 spiro atoms. The van der Waals surface area contributed by atoms with Crippen molar-refractivity contribution in [2.75, 3.05) is 34.5 Å². The quantitative estimate of drug-likeness (QED) is 0.776. The van der Waals surface area contributed by atoms with Crippen LogP contribution in [0.15, 0.2) is 12.1 Å². The molecule has 5 heteroatoms. The Morgan fingerprint density at radius 2 is 1.59 bits per heavy atom. The molecule has 2 rings (SSSR count). The van der Waals surface area contributed by atoms with E-state index in [2.05, 4.69) is 0 Å². The molecule has 0 saturated carbocycles. The second-order valence-electron chi connectivity index (χ2n) is 3.87. The van der Waals surface area contributed by atoms with Gasteiger partial charge in [0, 0.05) is 12.1 Å². The van der Waals surface area contributed by atoms with Crippen LogP contribution in [-0.4, -0.2) is 34.5 Å². The van der Waals surface area contributed by atoms with Crippen molar-refractivity contribution < 1.29 is 18.9 Å². The van der Waals surface area contributed by atoms with Gasteiger partial charge in [0.25, 0.3) is 0 Å². The van der Waals surface area contributed by atoms with Crippen LogP contribution in [0.4, 0.5) is 0 Å². The van der Waals surface area contributed by atoms with E-state index in [-0.39, 0.29) is 0 Å². The minimum Gasteiger partial charge on any atom is -0.496 e. The predicted octanol–water partition coefficient (Wildman–Crippen LogP) is 2.18. The van der Waals surface area contributed by atoms with Crippen LogP contribution in [-0.2, 0) is 9.61 Å². The molecule has 1 aromatic carbocycles. The summed E-state index contributed by atoms with van der Waals surface area (Å²) in [6.07, 6.45) is 0. The van der Waals surface area contributed by atoms with Crippen LogP contribution >= 0.6 is 11.6 Å². The predicted molar refractivity (Wildman–Crippen MR) is 64.4 cm³/mol. The van der Waals surface area contributed by atoms with Gasteiger partial charge in [-0.05, 0) is 0 Å². The first-order valence-electron chi connectivity index (χ1n) is 5.22. The van der Waals surface area contributed by atoms with Gasteiger partial charge in [0.15, 0.2) is 0 Å². The minimum absolute atomic E-state index is 0.452. The lowest BCUT2D eigenvalue weighted by molar-refractivity contribution is -0.0171. The summed E-state index contributed by atoms with van der Waals surface area (Å²) in [4.78, 5) is -0.567. The van der Waals surface area contributed by atoms with Gasteiger partial charge in [-0.25, -0.2) is 0 Å². The first-order valence-corrected chi connectivity index (χ1v) is 5.59. The van der Waals surface area contributed by atoms with Gasteiger partial charge in [-0.15, -0.1) is 11.6 Å². The smallest absolute Gasteiger partial charge is 0.131 e. The topological polar surface area (TPSA) is 36.9 Å². The van der Waals surface area contributed by atoms with Crippen molar-refractivity contribution in [2.45, 2.75) is 4.87 Å². The molecular formula is C12H15ClO4. The third-order valence-electron chi connectivity index (χ3n) is 2.82. The van der Waals surface area contributed by atoms with E-state index in [0.717, 1.165) is 5.56 Å². The summed E-state index contributed by atoms with van der Waals surface area (Å²) >= 11 is 6.47. The fourth-order valence-electron chi connectivity index (χ4n) is 1.87. The molecule has 0 N–H and O–H groups in total. The van der Waals surface area contributed by atoms with Gasteiger partial charge in [-0.2, -0.15) is 0 Å². The minimum atomic E-state index is -0.567. The molecule has 0 amide bonds. The van der Waals surface area contributed by atoms with Crippen molar-refractivity contribution in [2.24, 2.45) is 0 Å². The summed E-state index contributed by atoms with van der Waals surface area (Å²) in [5, 5.41) is 0. The Labute approximate surface area is 105 Å². The Kier molecular flexibility index (Phi) is 3.35. The summed E-state index contributed by atoms with van der Waals surface area (Å²) in [5.41, 5.74) is 0.816. The molecule has 17 heavy (non-hydrogen) atoms. The number of halogens is 1. The maximum Gasteiger partial charge on any atom is 0.131 e. The van der Waals surface area contributed by atoms with Gasteiger partial charge >= 0.3 is 0 Å². The van der Waals surface area contributed by atoms with Crippen molar-refractivity contribution in [3.05, 3.63) is 17.7 Å². The van der Waals surface area contributed by atoms with Gasteiger partial charge in [0.1, 0.15) is 22.1 Å². The van der Waals surface area contributed by atoms with Gasteiger partial charge in [-0.1, -0.05) is 0 Å². The molecule has 0 radical (unpaired) electrons. The van der Waals surface area contributed by atoms with Gasteiger partial charge in [0.2, 0.25) is 0 Å². The highest BCUT2D eigenvalue weighted by molar-refractivity contribution is 6.25. The average Bonchev–Trinajstić information content (AvgIpc) is 2.34. The molecule has 0 aromatic heterocycles. The third-order valence-corrected chi connectivity index (χ3v) is 3.23. The van der Waals surface area contributed by atoms with Gasteiger partial charge in [0.05, 0.1) is 40.1 Å². The second-order valence-corrected chi connectivity index (χ2v) is 4.59. The molecular weight excluding hydrogens is 244 g/mol. The summed E-state index contributed by atoms with van der Waals surface area (Å²) in [7, 11) is 4.78. The van der Waals surface area contributed by atoms with E-state index in [1.807, 2.05) is 0 Å². The first kappa shape index (κ1) is 12.3. The van der Waals surface area contributed by atoms with Crippen LogP contribution < -0.4 is 14.2 Å². The van der Waals surface area contributed by atoms with Crippen LogP contribution in [0.3, 0.4) is 0 Å². The molecule has 1 heterocycles. The molecule has 1 aromatic rings. The second kappa shape index (κ2) is 4.63. The van der Waals surface area contributed by atoms with Crippen LogP contribution in [0.25, 0.3) is 0 Å². The standard InChI is InChI=1S/C12H15ClO4/c1-14-8-4-9(15-2)11(10(5-8)16-3)12(13)6-17-7-12/h4-5H,6-7H2,1-3H3. The average molecular weight is 259 g/mol. The Balaban J connectivity index is 2.54. The highest BCUT2D eigenvalue weighted by Gasteiger charge is 2.43. The van der Waals surface area contributed by atoms with E-state index in [9.17, 15) is 0 Å². The fourth-order valence-corrected chi connectivity index (χ4v) is 2.21. The molecule has 1 aliphatic heterocycles. The molecule has 0 bridgehead atoms. The number of alkyl halides is 1. The summed E-state index contributed by atoms with van der Waals surface area (Å²) in [6, 6.07) is 3.58. The summed E-state index contributed by atoms with van der Waals surface area (Å²) in [6.45, 7) is 0.904. The lowest BCUT2D eigenvalue weighted by Crippen LogP contribution is -2.42. The van der Waals surface area contributed by atoms with Gasteiger partial charge in [-0.3, -0.25) is 0 Å². The van der Waals surface area contributed by atoms with Crippen LogP contribution in [0.2, 0.25) is 0 Å². The van der Waals surface area contributed by atoms with Crippen molar-refractivity contribution >= 4 is 11.6 Å². The van der Waals surface area contributed by atoms with Crippen LogP contribution in [0, 0.1) is 0 Å². The third kappa shape index (κ3) is 2.03. The lowest BCUT2D eigenvalue weighted by atomic mass is 9.94. The SMILES string of the molecule is COc1cc(OC)c(C2(Cl)COC2)c(OC)c1. The van der Waals surface area contributed by atoms with Crippen molar-refractivity contribution in [3.63, 3.8) is 0 Å². The van der Waals surface area contributed by atoms with Crippen LogP contribution in [0.1, 0.15) is 5.56 Å². The molecule has 1 fully saturated rings. The van der Waals surface area contributed by atoms with E-state index < -0.39 is 4.87 Å². The highest BCUT2D eigenvalue weighted by Crippen LogP contribution is 2.47. The maximum atomic E-state index is 6.47. The normalized spacial score (nSPS) is 17.2. The van der Waals surface area contributed by atoms with Gasteiger partial charge < -0.3 is 18.9 Å². The molecule has 0 atom stereocenters. The van der Waals surface area contributed by atoms with Crippen molar-refractivity contribution in [1.29, 1.82) is 0 Å². The first-order chi connectivity index (χ1) is 8.14. The number of ether oxygens (including phenoxy) is 4. The van der Waals surface area contributed by atoms with Crippen molar-refractivity contribution in [1.82, 2.24) is 0 Å². The van der Waals surface area contributed by atoms with E-state index in [0.29, 0.717) is 30.5 Å². The maximum absolute atomic E-state index is 6.47. The molecule has 4 nitrogen and oxygen atoms in total. The Bertz CT molecular complexity index is 390. The summed E-state index contributed by atoms with van der Waals surface area (Å²) in [5.74, 6) is 1.97. The lowest BCUT2D eigenvalue weighted by Gasteiger charge is -2.37. The number of hydrogen-bond donors (Lipinski definition) is 0. The monoisotopic (exact) mass is 258 g/mol. The molecule has 94 valence electrons. The number of methoxy groups -OCH3 is 3. The molecule has 1 saturated heterocycles. The van der Waals surface area contributed by atoms with E-state index in [1.165, 1.54) is 0 Å². The number of hydrogen-bond acceptors (Lipinski definition) is 4. The molecule has 0 aliphatic carbocycles. The number of benzene rings is 1. The Hall–Kier alpha value is -1.13. The molecule has 0 unspecified atom stereocenters. The zero-order chi connectivity index (χ0) is 12.5. The molecule has 1 aliphatic rings. The van der Waals surface area contributed by atoms with E-state index in [4.69, 9.17) is 30.5 Å². The van der Waals surface area contributed by atoms with E-state index >= 15 is 0 Å². The summed E-state index contributed by atoms with van der Waals surface area (Å²) < 4.78 is 21.1. The van der Waals surface area contributed by atoms with Crippen LogP contribution in [0.5, 0.6) is 17.2 Å². The number of rotatable bonds is 4. The fraction of sp³-hybridized carbons (Fsp3) is 0.500. The van der Waals surface area contributed by atoms with Crippen molar-refractivity contribution in [3.8, 4) is 17.2 Å².